The first-order valence-corrected chi connectivity index (χ1v) is 9.92. The van der Waals surface area contributed by atoms with E-state index in [0.29, 0.717) is 30.3 Å². The number of amides is 1. The Morgan fingerprint density at radius 2 is 2.06 bits per heavy atom. The quantitative estimate of drug-likeness (QED) is 0.574. The van der Waals surface area contributed by atoms with Crippen LogP contribution in [0.1, 0.15) is 29.8 Å². The van der Waals surface area contributed by atoms with E-state index in [0.717, 1.165) is 0 Å². The minimum atomic E-state index is -0.552. The molecule has 0 unspecified atom stereocenters. The van der Waals surface area contributed by atoms with E-state index in [2.05, 4.69) is 10.1 Å². The average molecular weight is 429 g/mol. The number of nitrogens with zero attached hydrogens (tertiary/aromatic N) is 3. The highest BCUT2D eigenvalue weighted by Crippen LogP contribution is 2.22. The van der Waals surface area contributed by atoms with Crippen molar-refractivity contribution in [1.29, 1.82) is 0 Å². The maximum Gasteiger partial charge on any atom is 0.257 e. The summed E-state index contributed by atoms with van der Waals surface area (Å²) in [6.45, 7) is 1.16. The van der Waals surface area contributed by atoms with E-state index in [1.807, 2.05) is 0 Å². The summed E-state index contributed by atoms with van der Waals surface area (Å²) in [6, 6.07) is 12.2. The Morgan fingerprint density at radius 3 is 2.90 bits per heavy atom. The minimum Gasteiger partial charge on any atom is -0.493 e. The predicted molar refractivity (Wildman–Crippen MR) is 105 cm³/mol. The number of carbonyl (C=O) groups is 1. The Bertz CT molecular complexity index is 1040. The summed E-state index contributed by atoms with van der Waals surface area (Å²) in [6.07, 6.45) is -0.210. The Balaban J connectivity index is 1.30. The number of rotatable bonds is 7. The molecule has 2 heterocycles. The third kappa shape index (κ3) is 5.43. The van der Waals surface area contributed by atoms with Crippen LogP contribution in [-0.2, 0) is 16.0 Å². The molecule has 0 N–H and O–H groups in total. The van der Waals surface area contributed by atoms with Gasteiger partial charge in [0.15, 0.2) is 11.9 Å². The van der Waals surface area contributed by atoms with Gasteiger partial charge >= 0.3 is 0 Å². The highest BCUT2D eigenvalue weighted by Gasteiger charge is 2.29. The molecule has 0 radical (unpaired) electrons. The van der Waals surface area contributed by atoms with Crippen LogP contribution < -0.4 is 4.74 Å². The zero-order chi connectivity index (χ0) is 21.6. The van der Waals surface area contributed by atoms with E-state index in [1.165, 1.54) is 18.2 Å². The number of ether oxygens (including phenoxy) is 2. The van der Waals surface area contributed by atoms with Gasteiger partial charge in [0.2, 0.25) is 5.91 Å². The molecule has 0 spiro atoms. The van der Waals surface area contributed by atoms with Gasteiger partial charge in [-0.3, -0.25) is 4.79 Å². The summed E-state index contributed by atoms with van der Waals surface area (Å²) in [5.74, 6) is 0.126. The summed E-state index contributed by atoms with van der Waals surface area (Å²) in [7, 11) is 0. The summed E-state index contributed by atoms with van der Waals surface area (Å²) in [4.78, 5) is 18.5. The largest absolute Gasteiger partial charge is 0.493 e. The Kier molecular flexibility index (Phi) is 6.51. The molecule has 1 amide bonds. The van der Waals surface area contributed by atoms with Crippen molar-refractivity contribution in [2.24, 2.45) is 0 Å². The second kappa shape index (κ2) is 9.65. The predicted octanol–water partition coefficient (Wildman–Crippen LogP) is 3.31. The van der Waals surface area contributed by atoms with Crippen molar-refractivity contribution in [2.45, 2.75) is 18.9 Å². The molecular weight excluding hydrogens is 408 g/mol. The van der Waals surface area contributed by atoms with Gasteiger partial charge in [0, 0.05) is 19.0 Å². The molecule has 9 heteroatoms. The van der Waals surface area contributed by atoms with Gasteiger partial charge in [-0.15, -0.1) is 0 Å². The van der Waals surface area contributed by atoms with Crippen LogP contribution >= 0.6 is 0 Å². The van der Waals surface area contributed by atoms with E-state index in [9.17, 15) is 13.6 Å². The molecule has 31 heavy (non-hydrogen) atoms. The van der Waals surface area contributed by atoms with Crippen LogP contribution in [-0.4, -0.2) is 47.3 Å². The molecular formula is C22H21F2N3O4. The lowest BCUT2D eigenvalue weighted by Crippen LogP contribution is -2.42. The topological polar surface area (TPSA) is 77.7 Å². The van der Waals surface area contributed by atoms with Crippen LogP contribution in [0.5, 0.6) is 5.75 Å². The van der Waals surface area contributed by atoms with Crippen LogP contribution in [0, 0.1) is 11.6 Å². The van der Waals surface area contributed by atoms with Gasteiger partial charge in [-0.2, -0.15) is 4.98 Å². The fraction of sp³-hybridized carbons (Fsp3) is 0.318. The molecule has 1 saturated heterocycles. The van der Waals surface area contributed by atoms with Gasteiger partial charge in [0.1, 0.15) is 17.4 Å². The van der Waals surface area contributed by atoms with E-state index in [4.69, 9.17) is 14.0 Å². The van der Waals surface area contributed by atoms with Gasteiger partial charge in [0.05, 0.1) is 26.2 Å². The normalized spacial score (nSPS) is 16.3. The molecule has 1 aromatic heterocycles. The Hall–Kier alpha value is -3.33. The van der Waals surface area contributed by atoms with Crippen LogP contribution in [0.15, 0.2) is 53.1 Å². The molecule has 0 bridgehead atoms. The van der Waals surface area contributed by atoms with E-state index >= 15 is 0 Å². The van der Waals surface area contributed by atoms with Crippen molar-refractivity contribution in [3.05, 3.63) is 77.4 Å². The van der Waals surface area contributed by atoms with Gasteiger partial charge in [-0.25, -0.2) is 8.78 Å². The molecule has 4 rings (SSSR count). The van der Waals surface area contributed by atoms with Crippen molar-refractivity contribution in [2.75, 3.05) is 26.3 Å². The fourth-order valence-corrected chi connectivity index (χ4v) is 3.28. The Morgan fingerprint density at radius 1 is 1.19 bits per heavy atom. The molecule has 0 saturated carbocycles. The third-order valence-corrected chi connectivity index (χ3v) is 4.87. The van der Waals surface area contributed by atoms with Crippen molar-refractivity contribution in [1.82, 2.24) is 15.0 Å². The molecule has 1 aliphatic heterocycles. The molecule has 3 aromatic rings. The van der Waals surface area contributed by atoms with Crippen LogP contribution in [0.4, 0.5) is 8.78 Å². The highest BCUT2D eigenvalue weighted by molar-refractivity contribution is 5.76. The number of halogens is 2. The number of benzene rings is 2. The molecule has 162 valence electrons. The van der Waals surface area contributed by atoms with Crippen molar-refractivity contribution < 1.29 is 27.6 Å². The first kappa shape index (κ1) is 20.9. The minimum absolute atomic E-state index is 0.115. The number of hydrogen-bond donors (Lipinski definition) is 0. The lowest BCUT2D eigenvalue weighted by atomic mass is 10.1. The Labute approximate surface area is 177 Å². The second-order valence-corrected chi connectivity index (χ2v) is 7.07. The van der Waals surface area contributed by atoms with Crippen molar-refractivity contribution >= 4 is 5.91 Å². The van der Waals surface area contributed by atoms with E-state index in [1.54, 1.807) is 35.2 Å². The number of hydrogen-bond acceptors (Lipinski definition) is 6. The molecule has 7 nitrogen and oxygen atoms in total. The van der Waals surface area contributed by atoms with Crippen LogP contribution in [0.2, 0.25) is 0 Å². The third-order valence-electron chi connectivity index (χ3n) is 4.87. The summed E-state index contributed by atoms with van der Waals surface area (Å²) in [5, 5.41) is 3.90. The first-order valence-electron chi connectivity index (χ1n) is 9.92. The standard InChI is InChI=1S/C22H21F2N3O4/c23-16-5-3-6-17(13-16)29-10-8-21(28)27-9-11-30-19(14-27)22-25-20(26-31-22)12-15-4-1-2-7-18(15)24/h1-7,13,19H,8-12,14H2/t19-/m0/s1. The van der Waals surface area contributed by atoms with Gasteiger partial charge in [-0.05, 0) is 23.8 Å². The highest BCUT2D eigenvalue weighted by atomic mass is 19.1. The molecule has 2 aromatic carbocycles. The lowest BCUT2D eigenvalue weighted by Gasteiger charge is -2.31. The number of aromatic nitrogens is 2. The summed E-state index contributed by atoms with van der Waals surface area (Å²) >= 11 is 0. The summed E-state index contributed by atoms with van der Waals surface area (Å²) < 4.78 is 43.4. The van der Waals surface area contributed by atoms with Crippen LogP contribution in [0.25, 0.3) is 0 Å². The van der Waals surface area contributed by atoms with E-state index < -0.39 is 11.9 Å². The maximum absolute atomic E-state index is 13.8. The number of morpholine rings is 1. The molecule has 1 fully saturated rings. The first-order chi connectivity index (χ1) is 15.1. The smallest absolute Gasteiger partial charge is 0.257 e. The fourth-order valence-electron chi connectivity index (χ4n) is 3.28. The molecule has 1 atom stereocenters. The van der Waals surface area contributed by atoms with Gasteiger partial charge < -0.3 is 18.9 Å². The SMILES string of the molecule is O=C(CCOc1cccc(F)c1)N1CCO[C@H](c2nc(Cc3ccccc3F)no2)C1. The van der Waals surface area contributed by atoms with E-state index in [-0.39, 0.29) is 43.6 Å². The number of carbonyl (C=O) groups excluding carboxylic acids is 1. The van der Waals surface area contributed by atoms with Gasteiger partial charge in [0.25, 0.3) is 5.89 Å². The van der Waals surface area contributed by atoms with Crippen molar-refractivity contribution in [3.8, 4) is 5.75 Å². The zero-order valence-corrected chi connectivity index (χ0v) is 16.7. The summed E-state index contributed by atoms with van der Waals surface area (Å²) in [5.41, 5.74) is 0.467. The molecule has 1 aliphatic rings. The average Bonchev–Trinajstić information content (AvgIpc) is 3.24. The maximum atomic E-state index is 13.8. The van der Waals surface area contributed by atoms with Crippen LogP contribution in [0.3, 0.4) is 0 Å². The zero-order valence-electron chi connectivity index (χ0n) is 16.7. The second-order valence-electron chi connectivity index (χ2n) is 7.07. The van der Waals surface area contributed by atoms with Gasteiger partial charge in [-0.1, -0.05) is 29.4 Å². The monoisotopic (exact) mass is 429 g/mol. The lowest BCUT2D eigenvalue weighted by molar-refractivity contribution is -0.140. The molecule has 0 aliphatic carbocycles. The van der Waals surface area contributed by atoms with Crippen molar-refractivity contribution in [3.63, 3.8) is 0 Å².